The lowest BCUT2D eigenvalue weighted by atomic mass is 9.99. The van der Waals surface area contributed by atoms with Gasteiger partial charge in [-0.1, -0.05) is 61.5 Å². The summed E-state index contributed by atoms with van der Waals surface area (Å²) >= 11 is 0. The van der Waals surface area contributed by atoms with E-state index in [1.807, 2.05) is 42.5 Å². The molecule has 1 atom stereocenters. The number of sulfonamides is 1. The summed E-state index contributed by atoms with van der Waals surface area (Å²) in [5, 5.41) is 3.94. The summed E-state index contributed by atoms with van der Waals surface area (Å²) in [6.07, 6.45) is 1.01. The van der Waals surface area contributed by atoms with E-state index in [1.165, 1.54) is 0 Å². The van der Waals surface area contributed by atoms with Crippen LogP contribution in [0.1, 0.15) is 37.4 Å². The van der Waals surface area contributed by atoms with Crippen molar-refractivity contribution in [3.8, 4) is 11.3 Å². The van der Waals surface area contributed by atoms with E-state index in [4.69, 9.17) is 4.52 Å². The second-order valence-electron chi connectivity index (χ2n) is 6.25. The van der Waals surface area contributed by atoms with E-state index in [1.54, 1.807) is 18.2 Å². The zero-order valence-electron chi connectivity index (χ0n) is 14.8. The molecule has 1 aromatic heterocycles. The Hall–Kier alpha value is -2.44. The average molecular weight is 370 g/mol. The van der Waals surface area contributed by atoms with Gasteiger partial charge >= 0.3 is 0 Å². The fourth-order valence-electron chi connectivity index (χ4n) is 2.60. The molecule has 3 aromatic rings. The standard InChI is InChI=1S/C20H22N2O3S/c1-3-15(2)16-9-11-19(12-10-16)26(23,24)21-14-18-13-20(25-22-18)17-7-5-4-6-8-17/h4-13,15,21H,3,14H2,1-2H3/t15-/m0/s1. The smallest absolute Gasteiger partial charge is 0.240 e. The van der Waals surface area contributed by atoms with E-state index < -0.39 is 10.0 Å². The van der Waals surface area contributed by atoms with E-state index >= 15 is 0 Å². The van der Waals surface area contributed by atoms with Crippen LogP contribution < -0.4 is 4.72 Å². The molecule has 5 nitrogen and oxygen atoms in total. The molecule has 0 saturated heterocycles. The second kappa shape index (κ2) is 7.85. The minimum atomic E-state index is -3.59. The minimum absolute atomic E-state index is 0.0752. The van der Waals surface area contributed by atoms with Gasteiger partial charge in [-0.2, -0.15) is 0 Å². The van der Waals surface area contributed by atoms with Gasteiger partial charge < -0.3 is 4.52 Å². The number of nitrogens with one attached hydrogen (secondary N) is 1. The summed E-state index contributed by atoms with van der Waals surface area (Å²) in [4.78, 5) is 0.247. The highest BCUT2D eigenvalue weighted by molar-refractivity contribution is 7.89. The van der Waals surface area contributed by atoms with Crippen LogP contribution in [-0.2, 0) is 16.6 Å². The average Bonchev–Trinajstić information content (AvgIpc) is 3.16. The molecule has 0 aliphatic rings. The Morgan fingerprint density at radius 2 is 1.77 bits per heavy atom. The van der Waals surface area contributed by atoms with Crippen LogP contribution in [0.5, 0.6) is 0 Å². The van der Waals surface area contributed by atoms with Crippen molar-refractivity contribution >= 4 is 10.0 Å². The highest BCUT2D eigenvalue weighted by Crippen LogP contribution is 2.22. The number of hydrogen-bond donors (Lipinski definition) is 1. The van der Waals surface area contributed by atoms with Gasteiger partial charge in [-0.3, -0.25) is 0 Å². The van der Waals surface area contributed by atoms with Gasteiger partial charge in [0.25, 0.3) is 0 Å². The van der Waals surface area contributed by atoms with Crippen molar-refractivity contribution in [2.75, 3.05) is 0 Å². The molecule has 0 unspecified atom stereocenters. The summed E-state index contributed by atoms with van der Waals surface area (Å²) < 4.78 is 32.8. The van der Waals surface area contributed by atoms with E-state index in [9.17, 15) is 8.42 Å². The van der Waals surface area contributed by atoms with Crippen LogP contribution in [0.25, 0.3) is 11.3 Å². The van der Waals surface area contributed by atoms with Crippen LogP contribution in [0.2, 0.25) is 0 Å². The fraction of sp³-hybridized carbons (Fsp3) is 0.250. The quantitative estimate of drug-likeness (QED) is 0.672. The van der Waals surface area contributed by atoms with Crippen molar-refractivity contribution in [1.82, 2.24) is 9.88 Å². The van der Waals surface area contributed by atoms with E-state index in [2.05, 4.69) is 23.7 Å². The molecule has 3 rings (SSSR count). The molecule has 1 N–H and O–H groups in total. The Morgan fingerprint density at radius 1 is 1.08 bits per heavy atom. The van der Waals surface area contributed by atoms with Crippen LogP contribution >= 0.6 is 0 Å². The molecule has 0 spiro atoms. The molecule has 0 fully saturated rings. The van der Waals surface area contributed by atoms with Gasteiger partial charge in [-0.15, -0.1) is 0 Å². The lowest BCUT2D eigenvalue weighted by molar-refractivity contribution is 0.422. The van der Waals surface area contributed by atoms with Gasteiger partial charge in [0.05, 0.1) is 17.1 Å². The lowest BCUT2D eigenvalue weighted by Gasteiger charge is -2.10. The van der Waals surface area contributed by atoms with Crippen LogP contribution in [0.4, 0.5) is 0 Å². The Labute approximate surface area is 154 Å². The van der Waals surface area contributed by atoms with Crippen molar-refractivity contribution in [3.05, 3.63) is 71.9 Å². The minimum Gasteiger partial charge on any atom is -0.356 e. The second-order valence-corrected chi connectivity index (χ2v) is 8.02. The number of hydrogen-bond acceptors (Lipinski definition) is 4. The van der Waals surface area contributed by atoms with Gasteiger partial charge in [0.15, 0.2) is 5.76 Å². The van der Waals surface area contributed by atoms with Crippen molar-refractivity contribution < 1.29 is 12.9 Å². The molecule has 26 heavy (non-hydrogen) atoms. The topological polar surface area (TPSA) is 72.2 Å². The maximum Gasteiger partial charge on any atom is 0.240 e. The third kappa shape index (κ3) is 4.20. The van der Waals surface area contributed by atoms with Crippen LogP contribution in [0, 0.1) is 0 Å². The largest absolute Gasteiger partial charge is 0.356 e. The molecule has 6 heteroatoms. The van der Waals surface area contributed by atoms with Crippen molar-refractivity contribution in [3.63, 3.8) is 0 Å². The molecular formula is C20H22N2O3S. The monoisotopic (exact) mass is 370 g/mol. The fourth-order valence-corrected chi connectivity index (χ4v) is 3.60. The summed E-state index contributed by atoms with van der Waals surface area (Å²) in [5.74, 6) is 1.02. The number of nitrogens with zero attached hydrogens (tertiary/aromatic N) is 1. The van der Waals surface area contributed by atoms with E-state index in [0.717, 1.165) is 17.5 Å². The molecule has 0 aliphatic heterocycles. The summed E-state index contributed by atoms with van der Waals surface area (Å²) in [6.45, 7) is 4.31. The Morgan fingerprint density at radius 3 is 2.42 bits per heavy atom. The van der Waals surface area contributed by atoms with Crippen LogP contribution in [0.15, 0.2) is 70.1 Å². The molecule has 0 amide bonds. The van der Waals surface area contributed by atoms with Gasteiger partial charge in [0.1, 0.15) is 0 Å². The molecule has 2 aromatic carbocycles. The highest BCUT2D eigenvalue weighted by atomic mass is 32.2. The number of benzene rings is 2. The Kier molecular flexibility index (Phi) is 5.54. The molecule has 136 valence electrons. The van der Waals surface area contributed by atoms with Crippen molar-refractivity contribution in [1.29, 1.82) is 0 Å². The van der Waals surface area contributed by atoms with Gasteiger partial charge in [-0.05, 0) is 30.0 Å². The predicted octanol–water partition coefficient (Wildman–Crippen LogP) is 4.33. The maximum atomic E-state index is 12.5. The predicted molar refractivity (Wildman–Crippen MR) is 101 cm³/mol. The third-order valence-corrected chi connectivity index (χ3v) is 5.85. The van der Waals surface area contributed by atoms with Crippen molar-refractivity contribution in [2.45, 2.75) is 37.6 Å². The zero-order valence-corrected chi connectivity index (χ0v) is 15.7. The highest BCUT2D eigenvalue weighted by Gasteiger charge is 2.16. The molecule has 0 saturated carbocycles. The molecule has 0 aliphatic carbocycles. The molecule has 0 radical (unpaired) electrons. The first-order valence-corrected chi connectivity index (χ1v) is 10.1. The first-order valence-electron chi connectivity index (χ1n) is 8.60. The van der Waals surface area contributed by atoms with Crippen LogP contribution in [-0.4, -0.2) is 13.6 Å². The number of rotatable bonds is 7. The summed E-state index contributed by atoms with van der Waals surface area (Å²) in [6, 6.07) is 18.3. The van der Waals surface area contributed by atoms with Crippen LogP contribution in [0.3, 0.4) is 0 Å². The van der Waals surface area contributed by atoms with E-state index in [0.29, 0.717) is 17.4 Å². The third-order valence-electron chi connectivity index (χ3n) is 4.43. The first kappa shape index (κ1) is 18.4. The molecular weight excluding hydrogens is 348 g/mol. The zero-order chi connectivity index (χ0) is 18.6. The van der Waals surface area contributed by atoms with Gasteiger partial charge in [0, 0.05) is 11.6 Å². The number of aromatic nitrogens is 1. The molecule has 0 bridgehead atoms. The maximum absolute atomic E-state index is 12.5. The Balaban J connectivity index is 1.68. The normalized spacial score (nSPS) is 12.8. The van der Waals surface area contributed by atoms with Gasteiger partial charge in [0.2, 0.25) is 10.0 Å². The van der Waals surface area contributed by atoms with Crippen molar-refractivity contribution in [2.24, 2.45) is 0 Å². The molecule has 1 heterocycles. The van der Waals surface area contributed by atoms with Gasteiger partial charge in [-0.25, -0.2) is 13.1 Å². The summed E-state index contributed by atoms with van der Waals surface area (Å²) in [7, 11) is -3.59. The Bertz CT molecular complexity index is 948. The first-order chi connectivity index (χ1) is 12.5. The van der Waals surface area contributed by atoms with E-state index in [-0.39, 0.29) is 11.4 Å². The summed E-state index contributed by atoms with van der Waals surface area (Å²) in [5.41, 5.74) is 2.56. The lowest BCUT2D eigenvalue weighted by Crippen LogP contribution is -2.23. The SMILES string of the molecule is CC[C@H](C)c1ccc(S(=O)(=O)NCc2cc(-c3ccccc3)on2)cc1.